The summed E-state index contributed by atoms with van der Waals surface area (Å²) < 4.78 is 3.23. The van der Waals surface area contributed by atoms with Crippen LogP contribution in [0.25, 0.3) is 0 Å². The Bertz CT molecular complexity index is 909. The SMILES string of the molecule is Cn1ccnc(NC2CCC(n3nc4c(cc3=O)CCCC4)CC2)c1=O. The maximum absolute atomic E-state index is 12.5. The van der Waals surface area contributed by atoms with Crippen molar-refractivity contribution in [2.24, 2.45) is 7.05 Å². The highest BCUT2D eigenvalue weighted by Crippen LogP contribution is 2.29. The van der Waals surface area contributed by atoms with E-state index in [4.69, 9.17) is 0 Å². The summed E-state index contributed by atoms with van der Waals surface area (Å²) in [6.07, 6.45) is 11.1. The standard InChI is InChI=1S/C19H25N5O2/c1-23-11-10-20-18(19(23)26)21-14-6-8-15(9-7-14)24-17(25)12-13-4-2-3-5-16(13)22-24/h10-12,14-15H,2-9H2,1H3,(H,20,21). The van der Waals surface area contributed by atoms with Crippen molar-refractivity contribution in [3.63, 3.8) is 0 Å². The molecular weight excluding hydrogens is 330 g/mol. The first-order valence-electron chi connectivity index (χ1n) is 9.51. The number of hydrogen-bond donors (Lipinski definition) is 1. The highest BCUT2D eigenvalue weighted by Gasteiger charge is 2.25. The molecule has 138 valence electrons. The van der Waals surface area contributed by atoms with Crippen molar-refractivity contribution in [2.75, 3.05) is 5.32 Å². The van der Waals surface area contributed by atoms with Gasteiger partial charge in [-0.05, 0) is 56.9 Å². The topological polar surface area (TPSA) is 81.8 Å². The molecule has 2 aromatic heterocycles. The molecule has 7 nitrogen and oxygen atoms in total. The summed E-state index contributed by atoms with van der Waals surface area (Å²) >= 11 is 0. The second-order valence-corrected chi connectivity index (χ2v) is 7.45. The van der Waals surface area contributed by atoms with Crippen LogP contribution in [0.2, 0.25) is 0 Å². The van der Waals surface area contributed by atoms with Gasteiger partial charge in [0.05, 0.1) is 11.7 Å². The minimum atomic E-state index is -0.109. The number of nitrogens with one attached hydrogen (secondary N) is 1. The van der Waals surface area contributed by atoms with Crippen LogP contribution in [0.15, 0.2) is 28.0 Å². The zero-order chi connectivity index (χ0) is 18.1. The van der Waals surface area contributed by atoms with E-state index in [1.54, 1.807) is 30.2 Å². The molecule has 0 radical (unpaired) electrons. The average molecular weight is 355 g/mol. The van der Waals surface area contributed by atoms with Crippen LogP contribution in [0.5, 0.6) is 0 Å². The lowest BCUT2D eigenvalue weighted by Crippen LogP contribution is -2.35. The zero-order valence-corrected chi connectivity index (χ0v) is 15.1. The molecule has 0 spiro atoms. The van der Waals surface area contributed by atoms with Crippen LogP contribution in [0, 0.1) is 0 Å². The van der Waals surface area contributed by atoms with E-state index in [1.807, 2.05) is 0 Å². The molecule has 2 aromatic rings. The van der Waals surface area contributed by atoms with Crippen LogP contribution in [0.1, 0.15) is 55.8 Å². The van der Waals surface area contributed by atoms with Crippen LogP contribution in [0.3, 0.4) is 0 Å². The molecule has 0 unspecified atom stereocenters. The molecule has 0 aliphatic heterocycles. The molecule has 0 saturated heterocycles. The molecule has 7 heteroatoms. The lowest BCUT2D eigenvalue weighted by molar-refractivity contribution is 0.300. The van der Waals surface area contributed by atoms with E-state index >= 15 is 0 Å². The maximum Gasteiger partial charge on any atom is 0.293 e. The van der Waals surface area contributed by atoms with Gasteiger partial charge in [-0.2, -0.15) is 5.10 Å². The van der Waals surface area contributed by atoms with Gasteiger partial charge in [0.2, 0.25) is 0 Å². The molecule has 1 saturated carbocycles. The lowest BCUT2D eigenvalue weighted by atomic mass is 9.91. The highest BCUT2D eigenvalue weighted by molar-refractivity contribution is 5.32. The molecule has 2 heterocycles. The van der Waals surface area contributed by atoms with Gasteiger partial charge >= 0.3 is 0 Å². The second-order valence-electron chi connectivity index (χ2n) is 7.45. The highest BCUT2D eigenvalue weighted by atomic mass is 16.1. The summed E-state index contributed by atoms with van der Waals surface area (Å²) in [6.45, 7) is 0. The summed E-state index contributed by atoms with van der Waals surface area (Å²) in [6, 6.07) is 2.16. The van der Waals surface area contributed by atoms with Crippen LogP contribution >= 0.6 is 0 Å². The van der Waals surface area contributed by atoms with Crippen molar-refractivity contribution in [1.29, 1.82) is 0 Å². The van der Waals surface area contributed by atoms with Gasteiger partial charge in [-0.3, -0.25) is 9.59 Å². The maximum atomic E-state index is 12.5. The van der Waals surface area contributed by atoms with Crippen molar-refractivity contribution in [3.05, 3.63) is 50.4 Å². The summed E-state index contributed by atoms with van der Waals surface area (Å²) in [5, 5.41) is 7.96. The molecule has 1 fully saturated rings. The van der Waals surface area contributed by atoms with Gasteiger partial charge in [0.1, 0.15) is 0 Å². The smallest absolute Gasteiger partial charge is 0.293 e. The van der Waals surface area contributed by atoms with Crippen LogP contribution in [-0.2, 0) is 19.9 Å². The summed E-state index contributed by atoms with van der Waals surface area (Å²) in [4.78, 5) is 28.7. The number of aromatic nitrogens is 4. The average Bonchev–Trinajstić information content (AvgIpc) is 2.66. The molecule has 0 atom stereocenters. The zero-order valence-electron chi connectivity index (χ0n) is 15.1. The van der Waals surface area contributed by atoms with Crippen molar-refractivity contribution < 1.29 is 0 Å². The summed E-state index contributed by atoms with van der Waals surface area (Å²) in [5.41, 5.74) is 2.16. The second kappa shape index (κ2) is 7.05. The molecule has 1 N–H and O–H groups in total. The monoisotopic (exact) mass is 355 g/mol. The van der Waals surface area contributed by atoms with E-state index in [2.05, 4.69) is 15.4 Å². The summed E-state index contributed by atoms with van der Waals surface area (Å²) in [5.74, 6) is 0.405. The molecule has 0 bridgehead atoms. The van der Waals surface area contributed by atoms with Gasteiger partial charge in [-0.15, -0.1) is 0 Å². The minimum Gasteiger partial charge on any atom is -0.363 e. The molecule has 0 aromatic carbocycles. The van der Waals surface area contributed by atoms with E-state index in [1.165, 1.54) is 4.57 Å². The van der Waals surface area contributed by atoms with Crippen molar-refractivity contribution >= 4 is 5.82 Å². The minimum absolute atomic E-state index is 0.0284. The first kappa shape index (κ1) is 17.0. The Hall–Kier alpha value is -2.44. The number of aryl methyl sites for hydroxylation is 3. The normalized spacial score (nSPS) is 22.7. The molecule has 4 rings (SSSR count). The Morgan fingerprint density at radius 2 is 1.88 bits per heavy atom. The molecule has 2 aliphatic rings. The Kier molecular flexibility index (Phi) is 4.61. The van der Waals surface area contributed by atoms with Gasteiger partial charge in [0, 0.05) is 31.5 Å². The van der Waals surface area contributed by atoms with Crippen molar-refractivity contribution in [2.45, 2.75) is 63.5 Å². The number of hydrogen-bond acceptors (Lipinski definition) is 5. The first-order chi connectivity index (χ1) is 12.6. The predicted molar refractivity (Wildman–Crippen MR) is 99.5 cm³/mol. The van der Waals surface area contributed by atoms with Crippen LogP contribution in [-0.4, -0.2) is 25.4 Å². The van der Waals surface area contributed by atoms with Gasteiger partial charge in [0.15, 0.2) is 5.82 Å². The van der Waals surface area contributed by atoms with Gasteiger partial charge in [-0.25, -0.2) is 9.67 Å². The fraction of sp³-hybridized carbons (Fsp3) is 0.579. The number of anilines is 1. The third-order valence-corrected chi connectivity index (χ3v) is 5.63. The van der Waals surface area contributed by atoms with E-state index in [-0.39, 0.29) is 23.2 Å². The van der Waals surface area contributed by atoms with E-state index in [0.717, 1.165) is 62.6 Å². The number of rotatable bonds is 3. The van der Waals surface area contributed by atoms with Crippen LogP contribution < -0.4 is 16.4 Å². The Balaban J connectivity index is 1.45. The predicted octanol–water partition coefficient (Wildman–Crippen LogP) is 1.81. The fourth-order valence-electron chi connectivity index (χ4n) is 4.09. The molecule has 2 aliphatic carbocycles. The van der Waals surface area contributed by atoms with Crippen molar-refractivity contribution in [3.8, 4) is 0 Å². The molecule has 0 amide bonds. The molecular formula is C19H25N5O2. The van der Waals surface area contributed by atoms with Gasteiger partial charge in [0.25, 0.3) is 11.1 Å². The number of fused-ring (bicyclic) bond motifs is 1. The third-order valence-electron chi connectivity index (χ3n) is 5.63. The van der Waals surface area contributed by atoms with Crippen molar-refractivity contribution in [1.82, 2.24) is 19.3 Å². The van der Waals surface area contributed by atoms with Crippen LogP contribution in [0.4, 0.5) is 5.82 Å². The summed E-state index contributed by atoms with van der Waals surface area (Å²) in [7, 11) is 1.72. The quantitative estimate of drug-likeness (QED) is 0.908. The Morgan fingerprint density at radius 1 is 1.12 bits per heavy atom. The number of nitrogens with zero attached hydrogens (tertiary/aromatic N) is 4. The largest absolute Gasteiger partial charge is 0.363 e. The van der Waals surface area contributed by atoms with E-state index in [0.29, 0.717) is 5.82 Å². The third kappa shape index (κ3) is 3.30. The lowest BCUT2D eigenvalue weighted by Gasteiger charge is -2.30. The van der Waals surface area contributed by atoms with Gasteiger partial charge in [-0.1, -0.05) is 0 Å². The fourth-order valence-corrected chi connectivity index (χ4v) is 4.09. The van der Waals surface area contributed by atoms with Gasteiger partial charge < -0.3 is 9.88 Å². The Morgan fingerprint density at radius 3 is 2.69 bits per heavy atom. The molecule has 26 heavy (non-hydrogen) atoms. The first-order valence-corrected chi connectivity index (χ1v) is 9.51. The Labute approximate surface area is 152 Å². The van der Waals surface area contributed by atoms with E-state index < -0.39 is 0 Å². The van der Waals surface area contributed by atoms with E-state index in [9.17, 15) is 9.59 Å².